The van der Waals surface area contributed by atoms with E-state index in [1.165, 1.54) is 39.2 Å². The van der Waals surface area contributed by atoms with Crippen molar-refractivity contribution in [1.82, 2.24) is 66.2 Å². The summed E-state index contributed by atoms with van der Waals surface area (Å²) in [6.45, 7) is 57.7. The zero-order valence-corrected chi connectivity index (χ0v) is 84.3. The van der Waals surface area contributed by atoms with Crippen molar-refractivity contribution >= 4 is 78.0 Å². The van der Waals surface area contributed by atoms with Gasteiger partial charge in [-0.15, -0.1) is 0 Å². The van der Waals surface area contributed by atoms with Crippen molar-refractivity contribution in [2.24, 2.45) is 0 Å². The van der Waals surface area contributed by atoms with E-state index in [0.717, 1.165) is 16.7 Å². The lowest BCUT2D eigenvalue weighted by atomic mass is 9.99. The molecule has 4 aliphatic heterocycles. The SMILES string of the molecule is C.CC(C)(C)OC(=O)N[C@@H]1CNC[C@H](NC(=O)OC(C)(C)C)C1.CC(C)(C)OC(=O)N[C@@H]1C[C@H](NC(=O)OC(C)(C)C)CN(C(=O)OCc2ccccc2)C1.CCN(CC)CC.CN(C(=O)OC(C)(C)C)[C@@H]1CNC[C@H](N(C)C(=O)OC(C)(C)C)C1.CN(C(=O)OC(C)(C)C)[C@@H]1C[C@H](N(C)C(=O)OC(C)(C)C)CN(C(=O)OCc2ccccc2)C1.O=C(Cl)OCc1ccccc1. The van der Waals surface area contributed by atoms with E-state index in [0.29, 0.717) is 51.9 Å². The van der Waals surface area contributed by atoms with Crippen LogP contribution in [0.1, 0.15) is 237 Å². The molecular formula is C95H162ClN13O22. The molecule has 10 amide bonds. The Morgan fingerprint density at radius 3 is 0.809 bits per heavy atom. The number of halogens is 1. The summed E-state index contributed by atoms with van der Waals surface area (Å²) in [5, 5.41) is 17.7. The molecule has 131 heavy (non-hydrogen) atoms. The Hall–Kier alpha value is -10.0. The number of piperidine rings is 4. The van der Waals surface area contributed by atoms with Gasteiger partial charge in [0.2, 0.25) is 0 Å². The predicted octanol–water partition coefficient (Wildman–Crippen LogP) is 17.1. The predicted molar refractivity (Wildman–Crippen MR) is 507 cm³/mol. The van der Waals surface area contributed by atoms with Gasteiger partial charge in [-0.3, -0.25) is 0 Å². The number of carbonyl (C=O) groups excluding carboxylic acids is 11. The molecule has 36 heteroatoms. The van der Waals surface area contributed by atoms with E-state index in [2.05, 4.69) is 62.3 Å². The van der Waals surface area contributed by atoms with Gasteiger partial charge in [0.25, 0.3) is 0 Å². The molecule has 746 valence electrons. The molecule has 7 rings (SSSR count). The van der Waals surface area contributed by atoms with E-state index in [1.807, 2.05) is 174 Å². The molecule has 0 radical (unpaired) electrons. The molecule has 3 aromatic carbocycles. The lowest BCUT2D eigenvalue weighted by Crippen LogP contribution is -2.59. The maximum absolute atomic E-state index is 12.9. The van der Waals surface area contributed by atoms with Crippen LogP contribution in [-0.4, -0.2) is 294 Å². The average molecular weight is 1870 g/mol. The third-order valence-electron chi connectivity index (χ3n) is 18.8. The molecule has 0 saturated carbocycles. The molecule has 0 spiro atoms. The quantitative estimate of drug-likeness (QED) is 0.0540. The maximum Gasteiger partial charge on any atom is 0.410 e. The molecule has 0 aliphatic carbocycles. The second-order valence-corrected chi connectivity index (χ2v) is 40.4. The zero-order valence-electron chi connectivity index (χ0n) is 83.5. The third kappa shape index (κ3) is 54.6. The van der Waals surface area contributed by atoms with Crippen molar-refractivity contribution in [1.29, 1.82) is 0 Å². The second kappa shape index (κ2) is 55.5. The van der Waals surface area contributed by atoms with Crippen molar-refractivity contribution in [3.05, 3.63) is 108 Å². The van der Waals surface area contributed by atoms with Crippen LogP contribution in [0, 0.1) is 0 Å². The number of rotatable bonds is 17. The number of likely N-dealkylation sites (N-methyl/N-ethyl adjacent to an activating group) is 4. The van der Waals surface area contributed by atoms with Crippen LogP contribution in [0.3, 0.4) is 0 Å². The zero-order chi connectivity index (χ0) is 99.1. The molecule has 4 saturated heterocycles. The number of nitrogens with one attached hydrogen (secondary N) is 6. The molecule has 4 aliphatic rings. The maximum atomic E-state index is 12.9. The Bertz CT molecular complexity index is 3770. The van der Waals surface area contributed by atoms with Gasteiger partial charge >= 0.3 is 66.4 Å². The Balaban J connectivity index is 0.000000826. The summed E-state index contributed by atoms with van der Waals surface area (Å²) in [4.78, 5) is 145. The number of ether oxygens (including phenoxy) is 11. The van der Waals surface area contributed by atoms with E-state index < -0.39 is 111 Å². The van der Waals surface area contributed by atoms with E-state index in [4.69, 9.17) is 59.0 Å². The van der Waals surface area contributed by atoms with Gasteiger partial charge in [-0.25, -0.2) is 52.7 Å². The number of alkyl carbamates (subject to hydrolysis) is 4. The number of hydrogen-bond acceptors (Lipinski definition) is 25. The van der Waals surface area contributed by atoms with Gasteiger partial charge in [0.05, 0.1) is 24.2 Å². The number of likely N-dealkylation sites (tertiary alicyclic amines) is 2. The van der Waals surface area contributed by atoms with Gasteiger partial charge in [0.15, 0.2) is 0 Å². The van der Waals surface area contributed by atoms with Crippen molar-refractivity contribution < 1.29 is 105 Å². The summed E-state index contributed by atoms with van der Waals surface area (Å²) in [5.74, 6) is 0. The van der Waals surface area contributed by atoms with E-state index in [-0.39, 0.29) is 102 Å². The largest absolute Gasteiger partial charge is 0.449 e. The first-order valence-electron chi connectivity index (χ1n) is 44.6. The van der Waals surface area contributed by atoms with Crippen LogP contribution in [0.15, 0.2) is 91.0 Å². The summed E-state index contributed by atoms with van der Waals surface area (Å²) in [6, 6.07) is 26.2. The standard InChI is InChI=1S/C25H39N3O6.C23H35N3O6.C17H33N3O4.C15H29N3O4.C8H7ClO2.C6H15N.CH4/c1-24(2,3)33-21(29)26(7)19-14-20(27(8)22(30)34-25(4,5)6)16-28(15-19)23(31)32-17-18-12-10-9-11-13-18;1-22(2,3)31-19(27)24-17-12-18(25-20(28)32-23(4,5)6)14-26(13-17)21(29)30-15-16-10-8-7-9-11-16;1-16(2,3)23-14(21)19(7)12-9-13(11-18-10-12)20(8)15(22)24-17(4,5)6;1-14(2,3)21-12(19)17-10-7-11(9-16-8-10)18-13(20)22-15(4,5)6;9-8(10)11-6-7-4-2-1-3-5-7;1-4-7(5-2)6-3;/h9-13,19-20H,14-17H2,1-8H3;7-11,17-18H,12-15H2,1-6H3,(H,24,27)(H,25,28);12-13,18H,9-11H2,1-8H3;10-11,16H,7-9H2,1-6H3,(H,17,19)(H,18,20);1-5H,6H2;4-6H2,1-3H3;1H4/t19-,20+;17-,18+;12-,13+;10-,11+;;;. The van der Waals surface area contributed by atoms with E-state index >= 15 is 0 Å². The molecule has 4 heterocycles. The highest BCUT2D eigenvalue weighted by molar-refractivity contribution is 6.61. The Morgan fingerprint density at radius 1 is 0.328 bits per heavy atom. The monoisotopic (exact) mass is 1870 g/mol. The number of amides is 10. The van der Waals surface area contributed by atoms with Crippen LogP contribution >= 0.6 is 11.6 Å². The van der Waals surface area contributed by atoms with Crippen LogP contribution in [0.25, 0.3) is 0 Å². The van der Waals surface area contributed by atoms with Crippen molar-refractivity contribution in [3.8, 4) is 0 Å². The fourth-order valence-corrected chi connectivity index (χ4v) is 12.8. The van der Waals surface area contributed by atoms with Gasteiger partial charge in [-0.1, -0.05) is 119 Å². The minimum absolute atomic E-state index is 0. The number of hydrogen-bond donors (Lipinski definition) is 6. The van der Waals surface area contributed by atoms with Crippen molar-refractivity contribution in [3.63, 3.8) is 0 Å². The molecule has 0 unspecified atom stereocenters. The van der Waals surface area contributed by atoms with Gasteiger partial charge in [0, 0.05) is 116 Å². The van der Waals surface area contributed by atoms with Crippen LogP contribution < -0.4 is 31.9 Å². The van der Waals surface area contributed by atoms with Gasteiger partial charge in [0.1, 0.15) is 64.6 Å². The summed E-state index contributed by atoms with van der Waals surface area (Å²) in [7, 11) is 6.75. The molecule has 3 aromatic rings. The van der Waals surface area contributed by atoms with Crippen LogP contribution in [-0.2, 0) is 71.9 Å². The highest BCUT2D eigenvalue weighted by Crippen LogP contribution is 2.26. The number of nitrogens with zero attached hydrogens (tertiary/aromatic N) is 7. The van der Waals surface area contributed by atoms with Gasteiger partial charge in [-0.05, 0) is 228 Å². The molecule has 8 atom stereocenters. The normalized spacial score (nSPS) is 18.6. The van der Waals surface area contributed by atoms with E-state index in [1.54, 1.807) is 121 Å². The molecule has 35 nitrogen and oxygen atoms in total. The minimum atomic E-state index is -0.770. The minimum Gasteiger partial charge on any atom is -0.449 e. The summed E-state index contributed by atoms with van der Waals surface area (Å²) >= 11 is 4.97. The smallest absolute Gasteiger partial charge is 0.410 e. The molecule has 6 N–H and O–H groups in total. The number of benzene rings is 3. The fraction of sp³-hybridized carbons (Fsp3) is 0.695. The topological polar surface area (TPSA) is 384 Å². The molecule has 0 bridgehead atoms. The third-order valence-corrected chi connectivity index (χ3v) is 18.9. The van der Waals surface area contributed by atoms with Crippen molar-refractivity contribution in [2.45, 2.75) is 333 Å². The lowest BCUT2D eigenvalue weighted by molar-refractivity contribution is -0.00876. The Morgan fingerprint density at radius 2 is 0.557 bits per heavy atom. The second-order valence-electron chi connectivity index (χ2n) is 40.1. The summed E-state index contributed by atoms with van der Waals surface area (Å²) in [6.07, 6.45) is -2.59. The lowest BCUT2D eigenvalue weighted by Gasteiger charge is -2.43. The van der Waals surface area contributed by atoms with Gasteiger partial charge < -0.3 is 118 Å². The highest BCUT2D eigenvalue weighted by Gasteiger charge is 2.42. The van der Waals surface area contributed by atoms with Crippen LogP contribution in [0.4, 0.5) is 52.7 Å². The molecule has 0 aromatic heterocycles. The molecule has 4 fully saturated rings. The Labute approximate surface area is 786 Å². The summed E-state index contributed by atoms with van der Waals surface area (Å²) in [5.41, 5.74) is -2.82. The highest BCUT2D eigenvalue weighted by atomic mass is 35.5. The first-order valence-corrected chi connectivity index (χ1v) is 44.9. The molecular weight excluding hydrogens is 1710 g/mol. The van der Waals surface area contributed by atoms with Crippen LogP contribution in [0.2, 0.25) is 0 Å². The Kier molecular flexibility index (Phi) is 50.4. The van der Waals surface area contributed by atoms with E-state index in [9.17, 15) is 52.7 Å². The van der Waals surface area contributed by atoms with Gasteiger partial charge in [-0.2, -0.15) is 0 Å². The fourth-order valence-electron chi connectivity index (χ4n) is 12.7. The number of carbonyl (C=O) groups is 11. The first-order chi connectivity index (χ1) is 59.8. The van der Waals surface area contributed by atoms with Crippen molar-refractivity contribution in [2.75, 3.05) is 100 Å². The first kappa shape index (κ1) is 119. The van der Waals surface area contributed by atoms with Crippen LogP contribution in [0.5, 0.6) is 0 Å². The summed E-state index contributed by atoms with van der Waals surface area (Å²) < 4.78 is 58.5. The average Bonchev–Trinajstić information content (AvgIpc) is 0.808.